The Labute approximate surface area is 111 Å². The number of ether oxygens (including phenoxy) is 2. The second kappa shape index (κ2) is 6.33. The van der Waals surface area contributed by atoms with Gasteiger partial charge in [0, 0.05) is 0 Å². The highest BCUT2D eigenvalue weighted by molar-refractivity contribution is 7.97. The number of para-hydroxylation sites is 1. The summed E-state index contributed by atoms with van der Waals surface area (Å²) in [6.07, 6.45) is 0. The molecule has 2 aromatic carbocycles. The standard InChI is InChI=1S/C14H15NO2S/c1-2-16-13-9-8-12(10-14(13)18-15)17-11-6-4-3-5-7-11/h3-10H,2,15H2,1H3. The molecule has 0 aromatic heterocycles. The maximum atomic E-state index is 5.73. The molecule has 0 aliphatic heterocycles. The minimum absolute atomic E-state index is 0.618. The van der Waals surface area contributed by atoms with Gasteiger partial charge in [0.25, 0.3) is 0 Å². The Morgan fingerprint density at radius 3 is 2.50 bits per heavy atom. The third-order valence-corrected chi connectivity index (χ3v) is 2.89. The van der Waals surface area contributed by atoms with E-state index in [1.165, 1.54) is 0 Å². The zero-order valence-corrected chi connectivity index (χ0v) is 10.9. The molecule has 3 nitrogen and oxygen atoms in total. The van der Waals surface area contributed by atoms with Crippen LogP contribution in [0, 0.1) is 0 Å². The van der Waals surface area contributed by atoms with Crippen molar-refractivity contribution in [3.05, 3.63) is 48.5 Å². The first-order chi connectivity index (χ1) is 8.83. The molecule has 0 amide bonds. The smallest absolute Gasteiger partial charge is 0.134 e. The van der Waals surface area contributed by atoms with Crippen LogP contribution in [0.4, 0.5) is 0 Å². The molecule has 0 heterocycles. The van der Waals surface area contributed by atoms with Crippen LogP contribution in [0.1, 0.15) is 6.92 Å². The van der Waals surface area contributed by atoms with Crippen LogP contribution in [0.3, 0.4) is 0 Å². The van der Waals surface area contributed by atoms with Gasteiger partial charge in [-0.1, -0.05) is 18.2 Å². The van der Waals surface area contributed by atoms with E-state index in [0.717, 1.165) is 34.1 Å². The molecule has 0 atom stereocenters. The summed E-state index contributed by atoms with van der Waals surface area (Å²) in [5, 5.41) is 5.62. The molecule has 2 N–H and O–H groups in total. The molecule has 0 saturated carbocycles. The monoisotopic (exact) mass is 261 g/mol. The van der Waals surface area contributed by atoms with E-state index in [4.69, 9.17) is 14.6 Å². The second-order valence-corrected chi connectivity index (χ2v) is 4.25. The van der Waals surface area contributed by atoms with Gasteiger partial charge in [-0.2, -0.15) is 0 Å². The molecule has 2 aromatic rings. The summed E-state index contributed by atoms with van der Waals surface area (Å²) in [7, 11) is 0. The van der Waals surface area contributed by atoms with Crippen LogP contribution < -0.4 is 14.6 Å². The third kappa shape index (κ3) is 3.18. The zero-order chi connectivity index (χ0) is 12.8. The van der Waals surface area contributed by atoms with Crippen LogP contribution >= 0.6 is 11.9 Å². The summed E-state index contributed by atoms with van der Waals surface area (Å²) in [6.45, 7) is 2.56. The van der Waals surface area contributed by atoms with Crippen molar-refractivity contribution < 1.29 is 9.47 Å². The van der Waals surface area contributed by atoms with Gasteiger partial charge in [0.1, 0.15) is 17.2 Å². The van der Waals surface area contributed by atoms with E-state index in [1.807, 2.05) is 55.5 Å². The molecule has 0 bridgehead atoms. The first-order valence-corrected chi connectivity index (χ1v) is 6.58. The van der Waals surface area contributed by atoms with Gasteiger partial charge in [-0.05, 0) is 49.2 Å². The predicted molar refractivity (Wildman–Crippen MR) is 74.2 cm³/mol. The summed E-state index contributed by atoms with van der Waals surface area (Å²) in [5.41, 5.74) is 0. The molecule has 94 valence electrons. The van der Waals surface area contributed by atoms with Crippen LogP contribution in [-0.4, -0.2) is 6.61 Å². The minimum Gasteiger partial charge on any atom is -0.493 e. The average Bonchev–Trinajstić information content (AvgIpc) is 2.42. The maximum absolute atomic E-state index is 5.73. The SMILES string of the molecule is CCOc1ccc(Oc2ccccc2)cc1SN. The van der Waals surface area contributed by atoms with Crippen molar-refractivity contribution in [3.8, 4) is 17.2 Å². The van der Waals surface area contributed by atoms with Gasteiger partial charge in [0.15, 0.2) is 0 Å². The molecule has 0 saturated heterocycles. The summed E-state index contributed by atoms with van der Waals surface area (Å²) in [4.78, 5) is 0.866. The number of nitrogens with two attached hydrogens (primary N) is 1. The van der Waals surface area contributed by atoms with Gasteiger partial charge in [0.2, 0.25) is 0 Å². The Balaban J connectivity index is 2.19. The van der Waals surface area contributed by atoms with Crippen molar-refractivity contribution in [3.63, 3.8) is 0 Å². The largest absolute Gasteiger partial charge is 0.493 e. The highest BCUT2D eigenvalue weighted by Gasteiger charge is 2.05. The Kier molecular flexibility index (Phi) is 4.50. The summed E-state index contributed by atoms with van der Waals surface area (Å²) >= 11 is 1.16. The normalized spacial score (nSPS) is 10.1. The molecule has 0 unspecified atom stereocenters. The van der Waals surface area contributed by atoms with E-state index in [9.17, 15) is 0 Å². The molecule has 18 heavy (non-hydrogen) atoms. The van der Waals surface area contributed by atoms with Crippen molar-refractivity contribution in [1.29, 1.82) is 0 Å². The lowest BCUT2D eigenvalue weighted by Gasteiger charge is -2.11. The Bertz CT molecular complexity index is 502. The van der Waals surface area contributed by atoms with Crippen molar-refractivity contribution >= 4 is 11.9 Å². The molecule has 2 rings (SSSR count). The van der Waals surface area contributed by atoms with Gasteiger partial charge >= 0.3 is 0 Å². The lowest BCUT2D eigenvalue weighted by atomic mass is 10.3. The topological polar surface area (TPSA) is 44.5 Å². The Hall–Kier alpha value is -1.65. The van der Waals surface area contributed by atoms with Gasteiger partial charge < -0.3 is 9.47 Å². The number of hydrogen-bond acceptors (Lipinski definition) is 4. The Morgan fingerprint density at radius 1 is 1.06 bits per heavy atom. The summed E-state index contributed by atoms with van der Waals surface area (Å²) in [6, 6.07) is 15.3. The van der Waals surface area contributed by atoms with E-state index in [1.54, 1.807) is 0 Å². The quantitative estimate of drug-likeness (QED) is 0.830. The van der Waals surface area contributed by atoms with Gasteiger partial charge in [-0.25, -0.2) is 0 Å². The highest BCUT2D eigenvalue weighted by Crippen LogP contribution is 2.32. The first-order valence-electron chi connectivity index (χ1n) is 5.70. The molecule has 0 radical (unpaired) electrons. The molecule has 0 fully saturated rings. The van der Waals surface area contributed by atoms with Crippen LogP contribution in [0.15, 0.2) is 53.4 Å². The zero-order valence-electron chi connectivity index (χ0n) is 10.1. The van der Waals surface area contributed by atoms with E-state index in [0.29, 0.717) is 6.61 Å². The van der Waals surface area contributed by atoms with Crippen LogP contribution in [0.25, 0.3) is 0 Å². The van der Waals surface area contributed by atoms with E-state index in [-0.39, 0.29) is 0 Å². The van der Waals surface area contributed by atoms with Crippen LogP contribution in [0.2, 0.25) is 0 Å². The van der Waals surface area contributed by atoms with Crippen molar-refractivity contribution in [2.75, 3.05) is 6.61 Å². The average molecular weight is 261 g/mol. The fraction of sp³-hybridized carbons (Fsp3) is 0.143. The lowest BCUT2D eigenvalue weighted by molar-refractivity contribution is 0.331. The van der Waals surface area contributed by atoms with Gasteiger partial charge in [-0.3, -0.25) is 5.14 Å². The minimum atomic E-state index is 0.618. The molecule has 0 aliphatic carbocycles. The molecule has 4 heteroatoms. The molecular weight excluding hydrogens is 246 g/mol. The van der Waals surface area contributed by atoms with Gasteiger partial charge in [0.05, 0.1) is 11.5 Å². The summed E-state index contributed by atoms with van der Waals surface area (Å²) < 4.78 is 11.2. The molecule has 0 spiro atoms. The van der Waals surface area contributed by atoms with E-state index >= 15 is 0 Å². The van der Waals surface area contributed by atoms with E-state index < -0.39 is 0 Å². The number of benzene rings is 2. The van der Waals surface area contributed by atoms with Crippen molar-refractivity contribution in [1.82, 2.24) is 0 Å². The van der Waals surface area contributed by atoms with E-state index in [2.05, 4.69) is 0 Å². The van der Waals surface area contributed by atoms with Crippen LogP contribution in [-0.2, 0) is 0 Å². The van der Waals surface area contributed by atoms with Gasteiger partial charge in [-0.15, -0.1) is 0 Å². The maximum Gasteiger partial charge on any atom is 0.134 e. The Morgan fingerprint density at radius 2 is 1.83 bits per heavy atom. The second-order valence-electron chi connectivity index (χ2n) is 3.57. The first kappa shape index (κ1) is 12.8. The fourth-order valence-corrected chi connectivity index (χ4v) is 1.97. The summed E-state index contributed by atoms with van der Waals surface area (Å²) in [5.74, 6) is 2.33. The molecule has 0 aliphatic rings. The van der Waals surface area contributed by atoms with Crippen LogP contribution in [0.5, 0.6) is 17.2 Å². The number of hydrogen-bond donors (Lipinski definition) is 1. The van der Waals surface area contributed by atoms with Crippen molar-refractivity contribution in [2.45, 2.75) is 11.8 Å². The number of rotatable bonds is 5. The fourth-order valence-electron chi connectivity index (χ4n) is 1.54. The molecular formula is C14H15NO2S. The lowest BCUT2D eigenvalue weighted by Crippen LogP contribution is -1.95. The third-order valence-electron chi connectivity index (χ3n) is 2.32. The predicted octanol–water partition coefficient (Wildman–Crippen LogP) is 3.84. The van der Waals surface area contributed by atoms with Crippen molar-refractivity contribution in [2.24, 2.45) is 5.14 Å². The highest BCUT2D eigenvalue weighted by atomic mass is 32.2.